The number of amides is 1. The van der Waals surface area contributed by atoms with Crippen molar-refractivity contribution in [3.8, 4) is 11.4 Å². The average Bonchev–Trinajstić information content (AvgIpc) is 3.05. The molecule has 6 nitrogen and oxygen atoms in total. The maximum Gasteiger partial charge on any atom is 0.227 e. The van der Waals surface area contributed by atoms with Crippen LogP contribution in [0.5, 0.6) is 0 Å². The maximum absolute atomic E-state index is 11.2. The van der Waals surface area contributed by atoms with Crippen LogP contribution in [0.15, 0.2) is 34.9 Å². The Morgan fingerprint density at radius 1 is 1.26 bits per heavy atom. The third-order valence-corrected chi connectivity index (χ3v) is 4.36. The first-order chi connectivity index (χ1) is 11.2. The van der Waals surface area contributed by atoms with E-state index in [0.717, 1.165) is 50.9 Å². The topological polar surface area (TPSA) is 85.3 Å². The fraction of sp³-hybridized carbons (Fsp3) is 0.471. The third-order valence-electron chi connectivity index (χ3n) is 4.36. The molecule has 0 saturated carbocycles. The second kappa shape index (κ2) is 7.37. The number of carbonyl (C=O) groups is 1. The zero-order valence-electron chi connectivity index (χ0n) is 13.1. The zero-order chi connectivity index (χ0) is 16.1. The van der Waals surface area contributed by atoms with Gasteiger partial charge >= 0.3 is 0 Å². The smallest absolute Gasteiger partial charge is 0.227 e. The van der Waals surface area contributed by atoms with Gasteiger partial charge in [-0.05, 0) is 38.9 Å². The lowest BCUT2D eigenvalue weighted by Crippen LogP contribution is -2.39. The Bertz CT molecular complexity index is 633. The van der Waals surface area contributed by atoms with Crippen molar-refractivity contribution < 1.29 is 9.32 Å². The van der Waals surface area contributed by atoms with Gasteiger partial charge in [-0.1, -0.05) is 35.5 Å². The van der Waals surface area contributed by atoms with Gasteiger partial charge in [-0.25, -0.2) is 0 Å². The largest absolute Gasteiger partial charge is 0.369 e. The number of primary amides is 1. The Morgan fingerprint density at radius 3 is 2.70 bits per heavy atom. The summed E-state index contributed by atoms with van der Waals surface area (Å²) in [6.45, 7) is 2.86. The summed E-state index contributed by atoms with van der Waals surface area (Å²) in [5.41, 5.74) is 6.32. The van der Waals surface area contributed by atoms with E-state index in [1.54, 1.807) is 0 Å². The Morgan fingerprint density at radius 2 is 2.00 bits per heavy atom. The highest BCUT2D eigenvalue weighted by atomic mass is 16.5. The van der Waals surface area contributed by atoms with Crippen molar-refractivity contribution in [1.29, 1.82) is 0 Å². The van der Waals surface area contributed by atoms with Crippen molar-refractivity contribution in [2.24, 2.45) is 11.7 Å². The van der Waals surface area contributed by atoms with Crippen molar-refractivity contribution in [3.63, 3.8) is 0 Å². The van der Waals surface area contributed by atoms with Crippen LogP contribution in [0, 0.1) is 5.92 Å². The minimum atomic E-state index is -0.163. The summed E-state index contributed by atoms with van der Waals surface area (Å²) in [5, 5.41) is 4.03. The monoisotopic (exact) mass is 314 g/mol. The molecule has 1 aliphatic rings. The van der Waals surface area contributed by atoms with Crippen LogP contribution in [0.2, 0.25) is 0 Å². The van der Waals surface area contributed by atoms with Gasteiger partial charge in [0.05, 0.1) is 0 Å². The van der Waals surface area contributed by atoms with Crippen molar-refractivity contribution in [2.45, 2.75) is 25.7 Å². The van der Waals surface area contributed by atoms with E-state index in [0.29, 0.717) is 11.7 Å². The van der Waals surface area contributed by atoms with Crippen molar-refractivity contribution in [3.05, 3.63) is 36.2 Å². The van der Waals surface area contributed by atoms with E-state index in [9.17, 15) is 4.79 Å². The van der Waals surface area contributed by atoms with Crippen LogP contribution in [0.3, 0.4) is 0 Å². The molecule has 3 rings (SSSR count). The molecular weight excluding hydrogens is 292 g/mol. The molecule has 1 aliphatic heterocycles. The van der Waals surface area contributed by atoms with Gasteiger partial charge in [-0.3, -0.25) is 4.79 Å². The van der Waals surface area contributed by atoms with Crippen LogP contribution < -0.4 is 5.73 Å². The van der Waals surface area contributed by atoms with Crippen LogP contribution in [-0.4, -0.2) is 40.6 Å². The van der Waals surface area contributed by atoms with Gasteiger partial charge in [0.15, 0.2) is 0 Å². The van der Waals surface area contributed by atoms with Gasteiger partial charge in [-0.15, -0.1) is 0 Å². The highest BCUT2D eigenvalue weighted by Crippen LogP contribution is 2.18. The minimum Gasteiger partial charge on any atom is -0.369 e. The van der Waals surface area contributed by atoms with Gasteiger partial charge in [0.25, 0.3) is 0 Å². The van der Waals surface area contributed by atoms with E-state index in [1.807, 2.05) is 30.3 Å². The fourth-order valence-electron chi connectivity index (χ4n) is 2.96. The van der Waals surface area contributed by atoms with Crippen molar-refractivity contribution in [1.82, 2.24) is 15.0 Å². The van der Waals surface area contributed by atoms with Crippen LogP contribution in [0.1, 0.15) is 25.2 Å². The highest BCUT2D eigenvalue weighted by Gasteiger charge is 2.22. The normalized spacial score (nSPS) is 16.5. The molecular formula is C17H22N4O2. The van der Waals surface area contributed by atoms with E-state index in [2.05, 4.69) is 15.0 Å². The Labute approximate surface area is 135 Å². The number of benzene rings is 1. The quantitative estimate of drug-likeness (QED) is 0.879. The summed E-state index contributed by atoms with van der Waals surface area (Å²) < 4.78 is 5.32. The molecule has 1 saturated heterocycles. The lowest BCUT2D eigenvalue weighted by Gasteiger charge is -2.30. The first-order valence-electron chi connectivity index (χ1n) is 8.12. The summed E-state index contributed by atoms with van der Waals surface area (Å²) in [5.74, 6) is 1.21. The number of hydrogen-bond acceptors (Lipinski definition) is 5. The van der Waals surface area contributed by atoms with E-state index >= 15 is 0 Å². The van der Waals surface area contributed by atoms with E-state index in [1.165, 1.54) is 0 Å². The minimum absolute atomic E-state index is 0.0515. The Kier molecular flexibility index (Phi) is 5.02. The summed E-state index contributed by atoms with van der Waals surface area (Å²) in [4.78, 5) is 18.0. The van der Waals surface area contributed by atoms with Gasteiger partial charge in [-0.2, -0.15) is 4.98 Å². The fourth-order valence-corrected chi connectivity index (χ4v) is 2.96. The summed E-state index contributed by atoms with van der Waals surface area (Å²) in [7, 11) is 0. The number of likely N-dealkylation sites (tertiary alicyclic amines) is 1. The SMILES string of the molecule is NC(=O)C1CCN(CCCc2nc(-c3ccccc3)no2)CC1. The molecule has 2 aromatic rings. The molecule has 0 radical (unpaired) electrons. The molecule has 0 aliphatic carbocycles. The molecule has 1 amide bonds. The van der Waals surface area contributed by atoms with Crippen LogP contribution in [0.4, 0.5) is 0 Å². The molecule has 23 heavy (non-hydrogen) atoms. The molecule has 0 bridgehead atoms. The maximum atomic E-state index is 11.2. The number of nitrogens with zero attached hydrogens (tertiary/aromatic N) is 3. The molecule has 0 unspecified atom stereocenters. The van der Waals surface area contributed by atoms with Crippen molar-refractivity contribution in [2.75, 3.05) is 19.6 Å². The summed E-state index contributed by atoms with van der Waals surface area (Å²) in [6, 6.07) is 9.82. The predicted molar refractivity (Wildman–Crippen MR) is 86.4 cm³/mol. The number of nitrogens with two attached hydrogens (primary N) is 1. The summed E-state index contributed by atoms with van der Waals surface area (Å²) >= 11 is 0. The molecule has 1 aromatic heterocycles. The number of rotatable bonds is 6. The number of carbonyl (C=O) groups excluding carboxylic acids is 1. The van der Waals surface area contributed by atoms with E-state index in [-0.39, 0.29) is 11.8 Å². The average molecular weight is 314 g/mol. The van der Waals surface area contributed by atoms with Crippen LogP contribution in [0.25, 0.3) is 11.4 Å². The molecule has 0 atom stereocenters. The second-order valence-electron chi connectivity index (χ2n) is 6.00. The van der Waals surface area contributed by atoms with E-state index in [4.69, 9.17) is 10.3 Å². The van der Waals surface area contributed by atoms with Gasteiger partial charge in [0, 0.05) is 17.9 Å². The molecule has 1 fully saturated rings. The lowest BCUT2D eigenvalue weighted by molar-refractivity contribution is -0.123. The van der Waals surface area contributed by atoms with Crippen LogP contribution in [-0.2, 0) is 11.2 Å². The standard InChI is InChI=1S/C17H22N4O2/c18-16(22)13-8-11-21(12-9-13)10-4-7-15-19-17(20-23-15)14-5-2-1-3-6-14/h1-3,5-6,13H,4,7-12H2,(H2,18,22). The highest BCUT2D eigenvalue weighted by molar-refractivity contribution is 5.76. The Hall–Kier alpha value is -2.21. The van der Waals surface area contributed by atoms with Gasteiger partial charge < -0.3 is 15.2 Å². The van der Waals surface area contributed by atoms with E-state index < -0.39 is 0 Å². The van der Waals surface area contributed by atoms with Crippen molar-refractivity contribution >= 4 is 5.91 Å². The van der Waals surface area contributed by atoms with Crippen LogP contribution >= 0.6 is 0 Å². The molecule has 122 valence electrons. The number of aromatic nitrogens is 2. The number of piperidine rings is 1. The molecule has 2 N–H and O–H groups in total. The zero-order valence-corrected chi connectivity index (χ0v) is 13.1. The molecule has 6 heteroatoms. The Balaban J connectivity index is 1.43. The van der Waals surface area contributed by atoms with Gasteiger partial charge in [0.2, 0.25) is 17.6 Å². The summed E-state index contributed by atoms with van der Waals surface area (Å²) in [6.07, 6.45) is 3.48. The lowest BCUT2D eigenvalue weighted by atomic mass is 9.96. The number of hydrogen-bond donors (Lipinski definition) is 1. The van der Waals surface area contributed by atoms with Gasteiger partial charge in [0.1, 0.15) is 0 Å². The first kappa shape index (κ1) is 15.7. The molecule has 0 spiro atoms. The third kappa shape index (κ3) is 4.16. The first-order valence-corrected chi connectivity index (χ1v) is 8.12. The molecule has 2 heterocycles. The number of aryl methyl sites for hydroxylation is 1. The molecule has 1 aromatic carbocycles. The second-order valence-corrected chi connectivity index (χ2v) is 6.00. The predicted octanol–water partition coefficient (Wildman–Crippen LogP) is 1.87.